The molecule has 0 radical (unpaired) electrons. The number of aromatic nitrogens is 2. The molecule has 0 aliphatic rings. The first-order chi connectivity index (χ1) is 9.32. The smallest absolute Gasteiger partial charge is 0.416 e. The van der Waals surface area contributed by atoms with E-state index in [0.29, 0.717) is 0 Å². The Morgan fingerprint density at radius 1 is 1.30 bits per heavy atom. The Balaban J connectivity index is 2.57. The van der Waals surface area contributed by atoms with Gasteiger partial charge in [0.25, 0.3) is 0 Å². The van der Waals surface area contributed by atoms with Crippen molar-refractivity contribution in [3.05, 3.63) is 34.6 Å². The quantitative estimate of drug-likeness (QED) is 0.797. The van der Waals surface area contributed by atoms with Crippen molar-refractivity contribution in [1.29, 1.82) is 0 Å². The number of nitrogens with zero attached hydrogens (tertiary/aromatic N) is 2. The Bertz CT molecular complexity index is 674. The number of alkyl halides is 3. The molecule has 20 heavy (non-hydrogen) atoms. The largest absolute Gasteiger partial charge is 0.461 e. The fraction of sp³-hybridized carbons (Fsp3) is 0.250. The Morgan fingerprint density at radius 3 is 2.60 bits per heavy atom. The van der Waals surface area contributed by atoms with Gasteiger partial charge in [-0.2, -0.15) is 13.2 Å². The van der Waals surface area contributed by atoms with E-state index in [-0.39, 0.29) is 28.5 Å². The van der Waals surface area contributed by atoms with Gasteiger partial charge in [-0.3, -0.25) is 0 Å². The lowest BCUT2D eigenvalue weighted by Crippen LogP contribution is -2.10. The number of hydrogen-bond donors (Lipinski definition) is 0. The van der Waals surface area contributed by atoms with Crippen molar-refractivity contribution >= 4 is 28.6 Å². The van der Waals surface area contributed by atoms with Crippen LogP contribution in [0.5, 0.6) is 0 Å². The van der Waals surface area contributed by atoms with E-state index in [0.717, 1.165) is 18.2 Å². The molecule has 0 N–H and O–H groups in total. The van der Waals surface area contributed by atoms with Gasteiger partial charge in [-0.15, -0.1) is 0 Å². The van der Waals surface area contributed by atoms with E-state index in [2.05, 4.69) is 9.97 Å². The van der Waals surface area contributed by atoms with Gasteiger partial charge in [0, 0.05) is 0 Å². The minimum atomic E-state index is -4.50. The molecule has 1 aromatic carbocycles. The maximum absolute atomic E-state index is 12.6. The van der Waals surface area contributed by atoms with Crippen LogP contribution in [0, 0.1) is 0 Å². The summed E-state index contributed by atoms with van der Waals surface area (Å²) in [6.07, 6.45) is -4.50. The molecule has 0 saturated carbocycles. The molecule has 0 aliphatic carbocycles. The van der Waals surface area contributed by atoms with Crippen LogP contribution in [0.2, 0.25) is 5.15 Å². The fourth-order valence-electron chi connectivity index (χ4n) is 1.54. The van der Waals surface area contributed by atoms with Crippen molar-refractivity contribution in [1.82, 2.24) is 9.97 Å². The molecule has 2 rings (SSSR count). The molecule has 0 unspecified atom stereocenters. The number of hydrogen-bond acceptors (Lipinski definition) is 4. The first-order valence-electron chi connectivity index (χ1n) is 5.54. The number of fused-ring (bicyclic) bond motifs is 1. The second kappa shape index (κ2) is 5.24. The standard InChI is InChI=1S/C12H8ClF3N2O2/c1-2-20-11(19)9-10(13)18-7-4-3-6(12(14,15)16)5-8(7)17-9/h3-5H,2H2,1H3. The summed E-state index contributed by atoms with van der Waals surface area (Å²) < 4.78 is 42.5. The van der Waals surface area contributed by atoms with Crippen LogP contribution in [-0.4, -0.2) is 22.5 Å². The summed E-state index contributed by atoms with van der Waals surface area (Å²) in [7, 11) is 0. The lowest BCUT2D eigenvalue weighted by Gasteiger charge is -2.08. The summed E-state index contributed by atoms with van der Waals surface area (Å²) in [6.45, 7) is 1.68. The maximum Gasteiger partial charge on any atom is 0.416 e. The van der Waals surface area contributed by atoms with Crippen LogP contribution in [0.25, 0.3) is 11.0 Å². The van der Waals surface area contributed by atoms with Gasteiger partial charge in [-0.05, 0) is 25.1 Å². The molecule has 0 saturated heterocycles. The highest BCUT2D eigenvalue weighted by atomic mass is 35.5. The minimum absolute atomic E-state index is 0.0766. The van der Waals surface area contributed by atoms with Crippen molar-refractivity contribution in [3.8, 4) is 0 Å². The third kappa shape index (κ3) is 2.82. The highest BCUT2D eigenvalue weighted by Crippen LogP contribution is 2.31. The van der Waals surface area contributed by atoms with Gasteiger partial charge in [0.05, 0.1) is 23.2 Å². The summed E-state index contributed by atoms with van der Waals surface area (Å²) in [5, 5.41) is -0.212. The van der Waals surface area contributed by atoms with Gasteiger partial charge in [0.15, 0.2) is 10.8 Å². The predicted molar refractivity (Wildman–Crippen MR) is 65.5 cm³/mol. The molecule has 0 amide bonds. The molecule has 1 aromatic heterocycles. The molecule has 106 valence electrons. The Kier molecular flexibility index (Phi) is 3.80. The topological polar surface area (TPSA) is 52.1 Å². The van der Waals surface area contributed by atoms with Crippen LogP contribution in [0.1, 0.15) is 23.0 Å². The van der Waals surface area contributed by atoms with Gasteiger partial charge >= 0.3 is 12.1 Å². The van der Waals surface area contributed by atoms with Crippen molar-refractivity contribution < 1.29 is 22.7 Å². The number of carbonyl (C=O) groups excluding carboxylic acids is 1. The Labute approximate surface area is 116 Å². The summed E-state index contributed by atoms with van der Waals surface area (Å²) in [6, 6.07) is 2.82. The molecule has 0 atom stereocenters. The lowest BCUT2D eigenvalue weighted by molar-refractivity contribution is -0.137. The molecule has 2 aromatic rings. The van der Waals surface area contributed by atoms with Crippen LogP contribution in [0.15, 0.2) is 18.2 Å². The number of benzene rings is 1. The summed E-state index contributed by atoms with van der Waals surface area (Å²) in [4.78, 5) is 19.2. The van der Waals surface area contributed by atoms with Gasteiger partial charge < -0.3 is 4.74 Å². The lowest BCUT2D eigenvalue weighted by atomic mass is 10.2. The van der Waals surface area contributed by atoms with Gasteiger partial charge in [-0.25, -0.2) is 14.8 Å². The zero-order valence-electron chi connectivity index (χ0n) is 10.2. The van der Waals surface area contributed by atoms with Crippen LogP contribution < -0.4 is 0 Å². The molecular weight excluding hydrogens is 297 g/mol. The number of carbonyl (C=O) groups is 1. The number of ether oxygens (including phenoxy) is 1. The molecule has 0 spiro atoms. The van der Waals surface area contributed by atoms with E-state index in [1.54, 1.807) is 6.92 Å². The van der Waals surface area contributed by atoms with E-state index in [4.69, 9.17) is 16.3 Å². The highest BCUT2D eigenvalue weighted by Gasteiger charge is 2.31. The normalized spacial score (nSPS) is 11.7. The third-order valence-electron chi connectivity index (χ3n) is 2.42. The predicted octanol–water partition coefficient (Wildman–Crippen LogP) is 3.48. The Hall–Kier alpha value is -1.89. The molecule has 0 fully saturated rings. The van der Waals surface area contributed by atoms with Crippen LogP contribution in [0.3, 0.4) is 0 Å². The summed E-state index contributed by atoms with van der Waals surface area (Å²) in [5.74, 6) is -0.829. The maximum atomic E-state index is 12.6. The molecule has 4 nitrogen and oxygen atoms in total. The second-order valence-corrected chi connectivity index (χ2v) is 4.14. The zero-order valence-corrected chi connectivity index (χ0v) is 10.9. The molecule has 1 heterocycles. The summed E-state index contributed by atoms with van der Waals surface area (Å²) >= 11 is 5.77. The summed E-state index contributed by atoms with van der Waals surface area (Å²) in [5.41, 5.74) is -1.10. The fourth-order valence-corrected chi connectivity index (χ4v) is 1.75. The monoisotopic (exact) mass is 304 g/mol. The average molecular weight is 305 g/mol. The zero-order chi connectivity index (χ0) is 14.9. The van der Waals surface area contributed by atoms with Crippen LogP contribution in [0.4, 0.5) is 13.2 Å². The van der Waals surface area contributed by atoms with E-state index in [9.17, 15) is 18.0 Å². The van der Waals surface area contributed by atoms with Crippen molar-refractivity contribution in [2.24, 2.45) is 0 Å². The molecule has 8 heteroatoms. The van der Waals surface area contributed by atoms with Crippen molar-refractivity contribution in [2.45, 2.75) is 13.1 Å². The van der Waals surface area contributed by atoms with Crippen molar-refractivity contribution in [2.75, 3.05) is 6.61 Å². The van der Waals surface area contributed by atoms with Crippen LogP contribution in [-0.2, 0) is 10.9 Å². The Morgan fingerprint density at radius 2 is 2.00 bits per heavy atom. The number of esters is 1. The van der Waals surface area contributed by atoms with Gasteiger partial charge in [0.2, 0.25) is 0 Å². The number of halogens is 4. The molecule has 0 bridgehead atoms. The first-order valence-corrected chi connectivity index (χ1v) is 5.92. The van der Waals surface area contributed by atoms with E-state index in [1.807, 2.05) is 0 Å². The van der Waals surface area contributed by atoms with E-state index >= 15 is 0 Å². The van der Waals surface area contributed by atoms with Gasteiger partial charge in [0.1, 0.15) is 0 Å². The highest BCUT2D eigenvalue weighted by molar-refractivity contribution is 6.32. The van der Waals surface area contributed by atoms with Gasteiger partial charge in [-0.1, -0.05) is 11.6 Å². The van der Waals surface area contributed by atoms with E-state index in [1.165, 1.54) is 0 Å². The minimum Gasteiger partial charge on any atom is -0.461 e. The average Bonchev–Trinajstić information content (AvgIpc) is 2.36. The SMILES string of the molecule is CCOC(=O)c1nc2cc(C(F)(F)F)ccc2nc1Cl. The molecule has 0 aliphatic heterocycles. The first kappa shape index (κ1) is 14.5. The van der Waals surface area contributed by atoms with Crippen molar-refractivity contribution in [3.63, 3.8) is 0 Å². The third-order valence-corrected chi connectivity index (χ3v) is 2.68. The number of rotatable bonds is 2. The molecular formula is C12H8ClF3N2O2. The van der Waals surface area contributed by atoms with Crippen LogP contribution >= 0.6 is 11.6 Å². The van der Waals surface area contributed by atoms with E-state index < -0.39 is 17.7 Å². The second-order valence-electron chi connectivity index (χ2n) is 3.78.